The molecule has 1 aliphatic rings. The molecule has 3 aromatic rings. The molecule has 0 N–H and O–H groups in total. The van der Waals surface area contributed by atoms with E-state index < -0.39 is 0 Å². The molecule has 1 fully saturated rings. The molecule has 1 saturated heterocycles. The van der Waals surface area contributed by atoms with Crippen molar-refractivity contribution in [3.8, 4) is 23.0 Å². The Morgan fingerprint density at radius 3 is 2.45 bits per heavy atom. The van der Waals surface area contributed by atoms with E-state index in [0.29, 0.717) is 34.0 Å². The van der Waals surface area contributed by atoms with E-state index in [1.807, 2.05) is 16.7 Å². The fourth-order valence-electron chi connectivity index (χ4n) is 3.29. The lowest BCUT2D eigenvalue weighted by molar-refractivity contribution is -0.132. The van der Waals surface area contributed by atoms with Crippen LogP contribution < -0.4 is 19.6 Å². The summed E-state index contributed by atoms with van der Waals surface area (Å²) in [5, 5.41) is 0.376. The van der Waals surface area contributed by atoms with Crippen LogP contribution in [0, 0.1) is 6.92 Å². The van der Waals surface area contributed by atoms with E-state index in [0.717, 1.165) is 24.6 Å². The number of fused-ring (bicyclic) bond motifs is 1. The number of methoxy groups -OCH3 is 1. The first-order valence-electron chi connectivity index (χ1n) is 9.93. The summed E-state index contributed by atoms with van der Waals surface area (Å²) in [7, 11) is 1.58. The second-order valence-corrected chi connectivity index (χ2v) is 8.26. The molecule has 1 amide bonds. The lowest BCUT2D eigenvalue weighted by Crippen LogP contribution is -2.40. The largest absolute Gasteiger partial charge is 0.497 e. The molecule has 2 heterocycles. The first-order valence-corrected chi connectivity index (χ1v) is 11.1. The van der Waals surface area contributed by atoms with E-state index >= 15 is 0 Å². The fourth-order valence-corrected chi connectivity index (χ4v) is 4.19. The maximum Gasteiger partial charge on any atom is 0.260 e. The summed E-state index contributed by atoms with van der Waals surface area (Å²) >= 11 is 1.85. The van der Waals surface area contributed by atoms with Crippen LogP contribution in [0.15, 0.2) is 51.7 Å². The van der Waals surface area contributed by atoms with Crippen LogP contribution in [-0.2, 0) is 4.79 Å². The van der Waals surface area contributed by atoms with Crippen LogP contribution in [0.2, 0.25) is 0 Å². The molecule has 0 bridgehead atoms. The Hall–Kier alpha value is -3.13. The zero-order valence-corrected chi connectivity index (χ0v) is 18.2. The van der Waals surface area contributed by atoms with Crippen molar-refractivity contribution in [2.45, 2.75) is 6.92 Å². The van der Waals surface area contributed by atoms with Crippen LogP contribution in [0.4, 0.5) is 0 Å². The van der Waals surface area contributed by atoms with Gasteiger partial charge in [-0.25, -0.2) is 0 Å². The molecule has 2 aromatic carbocycles. The van der Waals surface area contributed by atoms with Crippen molar-refractivity contribution >= 4 is 28.6 Å². The zero-order chi connectivity index (χ0) is 21.8. The number of hydrogen-bond acceptors (Lipinski definition) is 7. The molecule has 0 spiro atoms. The highest BCUT2D eigenvalue weighted by molar-refractivity contribution is 7.99. The normalized spacial score (nSPS) is 13.8. The van der Waals surface area contributed by atoms with Crippen LogP contribution in [0.25, 0.3) is 11.0 Å². The Bertz CT molecular complexity index is 1140. The summed E-state index contributed by atoms with van der Waals surface area (Å²) in [5.41, 5.74) is 0.104. The summed E-state index contributed by atoms with van der Waals surface area (Å²) in [4.78, 5) is 27.1. The molecule has 4 rings (SSSR count). The number of ether oxygens (including phenoxy) is 3. The Balaban J connectivity index is 1.51. The number of thioether (sulfide) groups is 1. The van der Waals surface area contributed by atoms with Gasteiger partial charge in [0.2, 0.25) is 11.2 Å². The van der Waals surface area contributed by atoms with Gasteiger partial charge in [-0.15, -0.1) is 0 Å². The highest BCUT2D eigenvalue weighted by atomic mass is 32.2. The van der Waals surface area contributed by atoms with Gasteiger partial charge in [-0.1, -0.05) is 0 Å². The second-order valence-electron chi connectivity index (χ2n) is 7.03. The zero-order valence-electron chi connectivity index (χ0n) is 17.4. The number of aryl methyl sites for hydroxylation is 1. The molecule has 162 valence electrons. The van der Waals surface area contributed by atoms with Gasteiger partial charge in [-0.2, -0.15) is 11.8 Å². The van der Waals surface area contributed by atoms with Crippen LogP contribution in [-0.4, -0.2) is 49.1 Å². The third kappa shape index (κ3) is 4.80. The van der Waals surface area contributed by atoms with Gasteiger partial charge < -0.3 is 23.5 Å². The SMILES string of the molecule is COc1ccc(Oc2c(C)oc3cc(OCC(=O)N4CCSCC4)ccc3c2=O)cc1. The molecule has 31 heavy (non-hydrogen) atoms. The number of carbonyl (C=O) groups is 1. The van der Waals surface area contributed by atoms with Gasteiger partial charge in [0.15, 0.2) is 6.61 Å². The minimum Gasteiger partial charge on any atom is -0.497 e. The van der Waals surface area contributed by atoms with Crippen molar-refractivity contribution in [1.29, 1.82) is 0 Å². The molecule has 0 aliphatic carbocycles. The third-order valence-corrected chi connectivity index (χ3v) is 5.93. The summed E-state index contributed by atoms with van der Waals surface area (Å²) in [6.07, 6.45) is 0. The molecule has 0 saturated carbocycles. The molecule has 0 atom stereocenters. The summed E-state index contributed by atoms with van der Waals surface area (Å²) in [6, 6.07) is 11.8. The summed E-state index contributed by atoms with van der Waals surface area (Å²) in [6.45, 7) is 3.12. The predicted molar refractivity (Wildman–Crippen MR) is 120 cm³/mol. The van der Waals surface area contributed by atoms with E-state index in [-0.39, 0.29) is 23.7 Å². The van der Waals surface area contributed by atoms with E-state index in [2.05, 4.69) is 0 Å². The van der Waals surface area contributed by atoms with E-state index in [1.54, 1.807) is 56.5 Å². The van der Waals surface area contributed by atoms with Crippen molar-refractivity contribution < 1.29 is 23.4 Å². The third-order valence-electron chi connectivity index (χ3n) is 4.99. The molecule has 8 heteroatoms. The number of carbonyl (C=O) groups excluding carboxylic acids is 1. The maximum atomic E-state index is 12.9. The van der Waals surface area contributed by atoms with Crippen LogP contribution in [0.1, 0.15) is 5.76 Å². The van der Waals surface area contributed by atoms with E-state index in [9.17, 15) is 9.59 Å². The van der Waals surface area contributed by atoms with E-state index in [4.69, 9.17) is 18.6 Å². The van der Waals surface area contributed by atoms with Gasteiger partial charge in [0.1, 0.15) is 28.6 Å². The Morgan fingerprint density at radius 1 is 1.06 bits per heavy atom. The Labute approximate surface area is 183 Å². The van der Waals surface area contributed by atoms with Crippen molar-refractivity contribution in [3.63, 3.8) is 0 Å². The van der Waals surface area contributed by atoms with E-state index in [1.165, 1.54) is 0 Å². The Kier molecular flexibility index (Phi) is 6.36. The lowest BCUT2D eigenvalue weighted by Gasteiger charge is -2.26. The molecular weight excluding hydrogens is 418 g/mol. The van der Waals surface area contributed by atoms with Gasteiger partial charge in [0, 0.05) is 30.7 Å². The first kappa shape index (κ1) is 21.1. The first-order chi connectivity index (χ1) is 15.0. The van der Waals surface area contributed by atoms with Gasteiger partial charge >= 0.3 is 0 Å². The quantitative estimate of drug-likeness (QED) is 0.575. The maximum absolute atomic E-state index is 12.9. The average molecular weight is 442 g/mol. The molecular formula is C23H23NO6S. The highest BCUT2D eigenvalue weighted by Crippen LogP contribution is 2.28. The van der Waals surface area contributed by atoms with Gasteiger partial charge in [-0.3, -0.25) is 9.59 Å². The van der Waals surface area contributed by atoms with Crippen molar-refractivity contribution in [2.75, 3.05) is 38.3 Å². The smallest absolute Gasteiger partial charge is 0.260 e. The van der Waals surface area contributed by atoms with Crippen LogP contribution in [0.3, 0.4) is 0 Å². The van der Waals surface area contributed by atoms with Gasteiger partial charge in [-0.05, 0) is 43.3 Å². The standard InChI is InChI=1S/C23H23NO6S/c1-15-23(30-17-5-3-16(27-2)4-6-17)22(26)19-8-7-18(13-20(19)29-15)28-14-21(25)24-9-11-31-12-10-24/h3-8,13H,9-12,14H2,1-2H3. The molecule has 1 aromatic heterocycles. The van der Waals surface area contributed by atoms with Gasteiger partial charge in [0.05, 0.1) is 12.5 Å². The minimum atomic E-state index is -0.275. The summed E-state index contributed by atoms with van der Waals surface area (Å²) < 4.78 is 22.4. The molecule has 0 radical (unpaired) electrons. The number of benzene rings is 2. The number of rotatable bonds is 6. The fraction of sp³-hybridized carbons (Fsp3) is 0.304. The molecule has 1 aliphatic heterocycles. The van der Waals surface area contributed by atoms with Crippen molar-refractivity contribution in [1.82, 2.24) is 4.90 Å². The van der Waals surface area contributed by atoms with Gasteiger partial charge in [0.25, 0.3) is 5.91 Å². The predicted octanol–water partition coefficient (Wildman–Crippen LogP) is 3.86. The van der Waals surface area contributed by atoms with Crippen molar-refractivity contribution in [2.24, 2.45) is 0 Å². The average Bonchev–Trinajstić information content (AvgIpc) is 2.81. The lowest BCUT2D eigenvalue weighted by atomic mass is 10.2. The van der Waals surface area contributed by atoms with Crippen molar-refractivity contribution in [3.05, 3.63) is 58.4 Å². The number of amides is 1. The number of nitrogens with zero attached hydrogens (tertiary/aromatic N) is 1. The molecule has 0 unspecified atom stereocenters. The summed E-state index contributed by atoms with van der Waals surface area (Å²) in [5.74, 6) is 4.02. The monoisotopic (exact) mass is 441 g/mol. The van der Waals surface area contributed by atoms with Crippen LogP contribution in [0.5, 0.6) is 23.0 Å². The second kappa shape index (κ2) is 9.34. The van der Waals surface area contributed by atoms with Crippen LogP contribution >= 0.6 is 11.8 Å². The molecule has 7 nitrogen and oxygen atoms in total. The Morgan fingerprint density at radius 2 is 1.74 bits per heavy atom. The minimum absolute atomic E-state index is 0.0405. The number of hydrogen-bond donors (Lipinski definition) is 0. The topological polar surface area (TPSA) is 78.2 Å². The highest BCUT2D eigenvalue weighted by Gasteiger charge is 2.18.